The van der Waals surface area contributed by atoms with Crippen LogP contribution in [0.2, 0.25) is 0 Å². The summed E-state index contributed by atoms with van der Waals surface area (Å²) in [5.74, 6) is -0.780. The Labute approximate surface area is 124 Å². The van der Waals surface area contributed by atoms with Gasteiger partial charge in [-0.3, -0.25) is 9.59 Å². The zero-order chi connectivity index (χ0) is 15.8. The van der Waals surface area contributed by atoms with Gasteiger partial charge in [-0.15, -0.1) is 0 Å². The van der Waals surface area contributed by atoms with Gasteiger partial charge in [0, 0.05) is 6.54 Å². The summed E-state index contributed by atoms with van der Waals surface area (Å²) in [6.45, 7) is 5.60. The van der Waals surface area contributed by atoms with E-state index in [9.17, 15) is 14.4 Å². The van der Waals surface area contributed by atoms with Crippen LogP contribution in [0.5, 0.6) is 0 Å². The maximum Gasteiger partial charge on any atom is 0.408 e. The third kappa shape index (κ3) is 3.86. The number of primary amides is 1. The molecule has 3 N–H and O–H groups in total. The van der Waals surface area contributed by atoms with Crippen LogP contribution < -0.4 is 11.1 Å². The number of likely N-dealkylation sites (tertiary alicyclic amines) is 1. The lowest BCUT2D eigenvalue weighted by molar-refractivity contribution is -0.136. The van der Waals surface area contributed by atoms with Gasteiger partial charge in [-0.2, -0.15) is 0 Å². The predicted molar refractivity (Wildman–Crippen MR) is 75.2 cm³/mol. The normalized spacial score (nSPS) is 23.0. The number of carbonyl (C=O) groups excluding carboxylic acids is 3. The molecular formula is C14H23N3O4. The van der Waals surface area contributed by atoms with E-state index in [2.05, 4.69) is 5.32 Å². The minimum atomic E-state index is -0.646. The number of rotatable bonds is 3. The third-order valence-corrected chi connectivity index (χ3v) is 3.90. The maximum atomic E-state index is 12.2. The quantitative estimate of drug-likeness (QED) is 0.786. The number of nitrogens with zero attached hydrogens (tertiary/aromatic N) is 1. The van der Waals surface area contributed by atoms with Crippen molar-refractivity contribution in [2.45, 2.75) is 51.7 Å². The number of nitrogens with one attached hydrogen (secondary N) is 1. The molecule has 1 saturated heterocycles. The van der Waals surface area contributed by atoms with Gasteiger partial charge in [-0.1, -0.05) is 0 Å². The van der Waals surface area contributed by atoms with E-state index in [0.29, 0.717) is 13.0 Å². The minimum Gasteiger partial charge on any atom is -0.444 e. The van der Waals surface area contributed by atoms with Gasteiger partial charge in [0.1, 0.15) is 18.2 Å². The van der Waals surface area contributed by atoms with E-state index in [0.717, 1.165) is 12.8 Å². The van der Waals surface area contributed by atoms with Gasteiger partial charge in [0.25, 0.3) is 0 Å². The average molecular weight is 297 g/mol. The molecule has 1 saturated carbocycles. The molecule has 2 fully saturated rings. The van der Waals surface area contributed by atoms with E-state index in [-0.39, 0.29) is 17.9 Å². The second kappa shape index (κ2) is 5.20. The minimum absolute atomic E-state index is 0.0846. The van der Waals surface area contributed by atoms with Crippen molar-refractivity contribution < 1.29 is 19.1 Å². The number of nitrogens with two attached hydrogens (primary N) is 1. The Bertz CT molecular complexity index is 465. The molecule has 3 amide bonds. The molecule has 0 radical (unpaired) electrons. The zero-order valence-electron chi connectivity index (χ0n) is 12.8. The molecule has 2 rings (SSSR count). The van der Waals surface area contributed by atoms with Gasteiger partial charge in [-0.25, -0.2) is 4.79 Å². The smallest absolute Gasteiger partial charge is 0.408 e. The lowest BCUT2D eigenvalue weighted by atomic mass is 10.0. The van der Waals surface area contributed by atoms with E-state index in [1.54, 1.807) is 20.8 Å². The van der Waals surface area contributed by atoms with Crippen molar-refractivity contribution in [1.29, 1.82) is 0 Å². The molecule has 7 heteroatoms. The van der Waals surface area contributed by atoms with E-state index >= 15 is 0 Å². The largest absolute Gasteiger partial charge is 0.444 e. The van der Waals surface area contributed by atoms with Crippen molar-refractivity contribution in [3.63, 3.8) is 0 Å². The second-order valence-electron chi connectivity index (χ2n) is 7.00. The van der Waals surface area contributed by atoms with Crippen molar-refractivity contribution in [2.24, 2.45) is 11.1 Å². The molecule has 0 aromatic carbocycles. The molecule has 0 bridgehead atoms. The number of carbonyl (C=O) groups is 3. The molecule has 1 atom stereocenters. The van der Waals surface area contributed by atoms with Crippen LogP contribution in [0.15, 0.2) is 0 Å². The van der Waals surface area contributed by atoms with Crippen LogP contribution in [0, 0.1) is 5.41 Å². The molecule has 0 aromatic heterocycles. The Balaban J connectivity index is 1.88. The van der Waals surface area contributed by atoms with Crippen LogP contribution in [0.25, 0.3) is 0 Å². The number of hydrogen-bond donors (Lipinski definition) is 2. The molecule has 118 valence electrons. The Morgan fingerprint density at radius 1 is 1.33 bits per heavy atom. The molecule has 1 aliphatic heterocycles. The zero-order valence-corrected chi connectivity index (χ0v) is 12.8. The molecule has 1 spiro atoms. The topological polar surface area (TPSA) is 102 Å². The molecule has 0 unspecified atom stereocenters. The highest BCUT2D eigenvalue weighted by Gasteiger charge is 2.54. The summed E-state index contributed by atoms with van der Waals surface area (Å²) in [4.78, 5) is 36.7. The van der Waals surface area contributed by atoms with Crippen LogP contribution in [0.3, 0.4) is 0 Å². The number of alkyl carbamates (subject to hydrolysis) is 1. The molecule has 0 aromatic rings. The fraction of sp³-hybridized carbons (Fsp3) is 0.786. The highest BCUT2D eigenvalue weighted by atomic mass is 16.6. The summed E-state index contributed by atoms with van der Waals surface area (Å²) < 4.78 is 5.07. The van der Waals surface area contributed by atoms with E-state index in [4.69, 9.17) is 10.5 Å². The highest BCUT2D eigenvalue weighted by molar-refractivity contribution is 5.89. The van der Waals surface area contributed by atoms with Gasteiger partial charge in [0.2, 0.25) is 11.8 Å². The van der Waals surface area contributed by atoms with Crippen molar-refractivity contribution in [1.82, 2.24) is 10.2 Å². The monoisotopic (exact) mass is 297 g/mol. The summed E-state index contributed by atoms with van der Waals surface area (Å²) >= 11 is 0. The molecular weight excluding hydrogens is 274 g/mol. The Morgan fingerprint density at radius 3 is 2.43 bits per heavy atom. The number of hydrogen-bond acceptors (Lipinski definition) is 4. The van der Waals surface area contributed by atoms with Gasteiger partial charge >= 0.3 is 6.09 Å². The van der Waals surface area contributed by atoms with E-state index < -0.39 is 23.6 Å². The molecule has 1 heterocycles. The number of ether oxygens (including phenoxy) is 1. The van der Waals surface area contributed by atoms with E-state index in [1.807, 2.05) is 0 Å². The molecule has 7 nitrogen and oxygen atoms in total. The van der Waals surface area contributed by atoms with Crippen LogP contribution in [0.1, 0.15) is 40.0 Å². The fourth-order valence-electron chi connectivity index (χ4n) is 2.68. The van der Waals surface area contributed by atoms with E-state index in [1.165, 1.54) is 4.90 Å². The van der Waals surface area contributed by atoms with Crippen LogP contribution >= 0.6 is 0 Å². The maximum absolute atomic E-state index is 12.2. The first-order valence-electron chi connectivity index (χ1n) is 7.18. The van der Waals surface area contributed by atoms with Crippen LogP contribution in [-0.4, -0.2) is 47.5 Å². The number of amides is 3. The summed E-state index contributed by atoms with van der Waals surface area (Å²) in [7, 11) is 0. The summed E-state index contributed by atoms with van der Waals surface area (Å²) in [5, 5.41) is 2.42. The molecule has 1 aliphatic carbocycles. The van der Waals surface area contributed by atoms with Crippen LogP contribution in [-0.2, 0) is 14.3 Å². The Hall–Kier alpha value is -1.79. The van der Waals surface area contributed by atoms with Crippen molar-refractivity contribution in [3.05, 3.63) is 0 Å². The summed E-state index contributed by atoms with van der Waals surface area (Å²) in [6.07, 6.45) is 2.05. The standard InChI is InChI=1S/C14H23N3O4/c1-13(2,3)21-12(20)16-7-10(18)17-8-14(4-5-14)6-9(17)11(15)19/h9H,4-8H2,1-3H3,(H2,15,19)(H,16,20)/t9-/m0/s1. The molecule has 21 heavy (non-hydrogen) atoms. The lowest BCUT2D eigenvalue weighted by Crippen LogP contribution is -2.48. The first-order chi connectivity index (χ1) is 9.62. The van der Waals surface area contributed by atoms with Gasteiger partial charge < -0.3 is 20.7 Å². The summed E-state index contributed by atoms with van der Waals surface area (Å²) in [5.41, 5.74) is 4.84. The van der Waals surface area contributed by atoms with Gasteiger partial charge in [0.05, 0.1) is 0 Å². The summed E-state index contributed by atoms with van der Waals surface area (Å²) in [6, 6.07) is -0.555. The second-order valence-corrected chi connectivity index (χ2v) is 7.00. The third-order valence-electron chi connectivity index (χ3n) is 3.90. The first kappa shape index (κ1) is 15.6. The van der Waals surface area contributed by atoms with Crippen molar-refractivity contribution >= 4 is 17.9 Å². The first-order valence-corrected chi connectivity index (χ1v) is 7.18. The highest BCUT2D eigenvalue weighted by Crippen LogP contribution is 2.54. The van der Waals surface area contributed by atoms with Crippen LogP contribution in [0.4, 0.5) is 4.79 Å². The van der Waals surface area contributed by atoms with Gasteiger partial charge in [-0.05, 0) is 45.4 Å². The predicted octanol–water partition coefficient (Wildman–Crippen LogP) is 0.378. The average Bonchev–Trinajstić information content (AvgIpc) is 2.95. The Kier molecular flexibility index (Phi) is 3.86. The van der Waals surface area contributed by atoms with Gasteiger partial charge in [0.15, 0.2) is 0 Å². The Morgan fingerprint density at radius 2 is 1.95 bits per heavy atom. The van der Waals surface area contributed by atoms with Crippen molar-refractivity contribution in [3.8, 4) is 0 Å². The SMILES string of the molecule is CC(C)(C)OC(=O)NCC(=O)N1CC2(CC2)C[C@H]1C(N)=O. The molecule has 2 aliphatic rings. The lowest BCUT2D eigenvalue weighted by Gasteiger charge is -2.23. The van der Waals surface area contributed by atoms with Crippen molar-refractivity contribution in [2.75, 3.05) is 13.1 Å². The fourth-order valence-corrected chi connectivity index (χ4v) is 2.68.